The fourth-order valence-corrected chi connectivity index (χ4v) is 3.38. The van der Waals surface area contributed by atoms with Gasteiger partial charge in [-0.1, -0.05) is 17.7 Å². The number of benzene rings is 2. The lowest BCUT2D eigenvalue weighted by molar-refractivity contribution is -0.121. The summed E-state index contributed by atoms with van der Waals surface area (Å²) in [6.45, 7) is 5.06. The fraction of sp³-hybridized carbons (Fsp3) is 0.350. The van der Waals surface area contributed by atoms with E-state index in [-0.39, 0.29) is 23.8 Å². The number of hydrogen-bond donors (Lipinski definition) is 2. The van der Waals surface area contributed by atoms with Crippen molar-refractivity contribution in [3.05, 3.63) is 54.1 Å². The Labute approximate surface area is 166 Å². The standard InChI is InChI=1S/C20H26N2O5S/c1-3-26-17-8-10-19(11-9-17)28(24,25)22-13-12-20(23)21-14-15-27-18-6-4-16(2)5-7-18/h4-11,22H,3,12-15H2,1-2H3,(H,21,23). The first-order chi connectivity index (χ1) is 13.4. The Morgan fingerprint density at radius 3 is 2.18 bits per heavy atom. The number of carbonyl (C=O) groups excluding carboxylic acids is 1. The summed E-state index contributed by atoms with van der Waals surface area (Å²) in [4.78, 5) is 11.9. The molecule has 0 aliphatic rings. The number of amides is 1. The van der Waals surface area contributed by atoms with E-state index in [0.717, 1.165) is 11.3 Å². The predicted octanol–water partition coefficient (Wildman–Crippen LogP) is 2.26. The Morgan fingerprint density at radius 1 is 0.929 bits per heavy atom. The Morgan fingerprint density at radius 2 is 1.54 bits per heavy atom. The van der Waals surface area contributed by atoms with Gasteiger partial charge in [-0.2, -0.15) is 0 Å². The number of aryl methyl sites for hydroxylation is 1. The van der Waals surface area contributed by atoms with E-state index in [1.807, 2.05) is 38.1 Å². The molecule has 152 valence electrons. The molecule has 8 heteroatoms. The van der Waals surface area contributed by atoms with Crippen molar-refractivity contribution in [1.29, 1.82) is 0 Å². The van der Waals surface area contributed by atoms with E-state index in [2.05, 4.69) is 10.0 Å². The minimum absolute atomic E-state index is 0.0141. The average molecular weight is 407 g/mol. The van der Waals surface area contributed by atoms with E-state index in [0.29, 0.717) is 25.5 Å². The molecule has 2 aromatic carbocycles. The van der Waals surface area contributed by atoms with Gasteiger partial charge in [-0.05, 0) is 50.2 Å². The molecule has 2 N–H and O–H groups in total. The van der Waals surface area contributed by atoms with Crippen LogP contribution in [0.15, 0.2) is 53.4 Å². The topological polar surface area (TPSA) is 93.7 Å². The molecule has 0 spiro atoms. The van der Waals surface area contributed by atoms with Gasteiger partial charge in [-0.3, -0.25) is 4.79 Å². The van der Waals surface area contributed by atoms with E-state index in [4.69, 9.17) is 9.47 Å². The number of carbonyl (C=O) groups is 1. The van der Waals surface area contributed by atoms with E-state index in [1.165, 1.54) is 12.1 Å². The van der Waals surface area contributed by atoms with Gasteiger partial charge in [-0.25, -0.2) is 13.1 Å². The van der Waals surface area contributed by atoms with Gasteiger partial charge < -0.3 is 14.8 Å². The molecule has 28 heavy (non-hydrogen) atoms. The first kappa shape index (κ1) is 21.7. The summed E-state index contributed by atoms with van der Waals surface area (Å²) in [5.41, 5.74) is 1.15. The second-order valence-corrected chi connectivity index (χ2v) is 7.83. The Bertz CT molecular complexity index is 849. The molecule has 0 fully saturated rings. The molecule has 0 atom stereocenters. The van der Waals surface area contributed by atoms with Crippen LogP contribution < -0.4 is 19.5 Å². The van der Waals surface area contributed by atoms with Gasteiger partial charge in [0.1, 0.15) is 18.1 Å². The molecule has 2 aromatic rings. The number of nitrogens with one attached hydrogen (secondary N) is 2. The molecule has 0 aliphatic heterocycles. The molecule has 7 nitrogen and oxygen atoms in total. The van der Waals surface area contributed by atoms with Crippen LogP contribution in [0.3, 0.4) is 0 Å². The summed E-state index contributed by atoms with van der Waals surface area (Å²) in [6.07, 6.45) is 0.0425. The maximum atomic E-state index is 12.2. The molecule has 2 rings (SSSR count). The van der Waals surface area contributed by atoms with Gasteiger partial charge >= 0.3 is 0 Å². The Kier molecular flexibility index (Phi) is 8.28. The lowest BCUT2D eigenvalue weighted by Gasteiger charge is -2.09. The van der Waals surface area contributed by atoms with E-state index >= 15 is 0 Å². The third kappa shape index (κ3) is 7.21. The summed E-state index contributed by atoms with van der Waals surface area (Å²) in [6, 6.07) is 13.8. The molecule has 0 unspecified atom stereocenters. The van der Waals surface area contributed by atoms with E-state index in [9.17, 15) is 13.2 Å². The first-order valence-electron chi connectivity index (χ1n) is 9.09. The molecule has 0 saturated heterocycles. The zero-order valence-corrected chi connectivity index (χ0v) is 16.9. The number of ether oxygens (including phenoxy) is 2. The van der Waals surface area contributed by atoms with Gasteiger partial charge in [0.25, 0.3) is 0 Å². The molecule has 0 heterocycles. The monoisotopic (exact) mass is 406 g/mol. The minimum Gasteiger partial charge on any atom is -0.494 e. The van der Waals surface area contributed by atoms with Crippen molar-refractivity contribution in [3.8, 4) is 11.5 Å². The molecule has 1 amide bonds. The average Bonchev–Trinajstić information content (AvgIpc) is 2.67. The van der Waals surface area contributed by atoms with Crippen molar-refractivity contribution in [2.45, 2.75) is 25.2 Å². The highest BCUT2D eigenvalue weighted by Gasteiger charge is 2.14. The molecular formula is C20H26N2O5S. The van der Waals surface area contributed by atoms with Crippen LogP contribution in [0.5, 0.6) is 11.5 Å². The van der Waals surface area contributed by atoms with Crippen molar-refractivity contribution < 1.29 is 22.7 Å². The van der Waals surface area contributed by atoms with Crippen LogP contribution in [0.1, 0.15) is 18.9 Å². The fourth-order valence-electron chi connectivity index (χ4n) is 2.35. The van der Waals surface area contributed by atoms with Gasteiger partial charge in [0.15, 0.2) is 0 Å². The zero-order chi connectivity index (χ0) is 20.4. The molecule has 0 bridgehead atoms. The lowest BCUT2D eigenvalue weighted by Crippen LogP contribution is -2.32. The molecule has 0 radical (unpaired) electrons. The van der Waals surface area contributed by atoms with Gasteiger partial charge in [0, 0.05) is 13.0 Å². The number of rotatable bonds is 11. The van der Waals surface area contributed by atoms with Gasteiger partial charge in [-0.15, -0.1) is 0 Å². The highest BCUT2D eigenvalue weighted by atomic mass is 32.2. The van der Waals surface area contributed by atoms with Crippen molar-refractivity contribution in [2.75, 3.05) is 26.3 Å². The predicted molar refractivity (Wildman–Crippen MR) is 107 cm³/mol. The second-order valence-electron chi connectivity index (χ2n) is 6.06. The molecule has 0 saturated carbocycles. The Balaban J connectivity index is 1.67. The summed E-state index contributed by atoms with van der Waals surface area (Å²) >= 11 is 0. The van der Waals surface area contributed by atoms with Crippen LogP contribution in [0.25, 0.3) is 0 Å². The smallest absolute Gasteiger partial charge is 0.240 e. The maximum absolute atomic E-state index is 12.2. The van der Waals surface area contributed by atoms with Crippen LogP contribution >= 0.6 is 0 Å². The van der Waals surface area contributed by atoms with Gasteiger partial charge in [0.2, 0.25) is 15.9 Å². The molecule has 0 aromatic heterocycles. The maximum Gasteiger partial charge on any atom is 0.240 e. The third-order valence-corrected chi connectivity index (χ3v) is 5.28. The molecule has 0 aliphatic carbocycles. The highest BCUT2D eigenvalue weighted by Crippen LogP contribution is 2.15. The summed E-state index contributed by atoms with van der Waals surface area (Å²) in [7, 11) is -3.66. The van der Waals surface area contributed by atoms with Gasteiger partial charge in [0.05, 0.1) is 18.0 Å². The van der Waals surface area contributed by atoms with E-state index in [1.54, 1.807) is 12.1 Å². The van der Waals surface area contributed by atoms with E-state index < -0.39 is 10.0 Å². The third-order valence-electron chi connectivity index (χ3n) is 3.80. The summed E-state index contributed by atoms with van der Waals surface area (Å²) in [5.74, 6) is 1.10. The highest BCUT2D eigenvalue weighted by molar-refractivity contribution is 7.89. The molecular weight excluding hydrogens is 380 g/mol. The van der Waals surface area contributed by atoms with Crippen molar-refractivity contribution in [1.82, 2.24) is 10.0 Å². The largest absolute Gasteiger partial charge is 0.494 e. The van der Waals surface area contributed by atoms with Crippen molar-refractivity contribution in [3.63, 3.8) is 0 Å². The number of hydrogen-bond acceptors (Lipinski definition) is 5. The van der Waals surface area contributed by atoms with Crippen molar-refractivity contribution in [2.24, 2.45) is 0 Å². The van der Waals surface area contributed by atoms with Crippen LogP contribution in [0.2, 0.25) is 0 Å². The minimum atomic E-state index is -3.66. The zero-order valence-electron chi connectivity index (χ0n) is 16.1. The van der Waals surface area contributed by atoms with Crippen LogP contribution in [-0.4, -0.2) is 40.6 Å². The summed E-state index contributed by atoms with van der Waals surface area (Å²) in [5, 5.41) is 2.70. The Hall–Kier alpha value is -2.58. The van der Waals surface area contributed by atoms with Crippen LogP contribution in [0, 0.1) is 6.92 Å². The SMILES string of the molecule is CCOc1ccc(S(=O)(=O)NCCC(=O)NCCOc2ccc(C)cc2)cc1. The first-order valence-corrected chi connectivity index (χ1v) is 10.6. The second kappa shape index (κ2) is 10.7. The van der Waals surface area contributed by atoms with Crippen LogP contribution in [0.4, 0.5) is 0 Å². The quantitative estimate of drug-likeness (QED) is 0.558. The normalized spacial score (nSPS) is 11.1. The van der Waals surface area contributed by atoms with Crippen LogP contribution in [-0.2, 0) is 14.8 Å². The summed E-state index contributed by atoms with van der Waals surface area (Å²) < 4.78 is 37.7. The van der Waals surface area contributed by atoms with Crippen molar-refractivity contribution >= 4 is 15.9 Å². The number of sulfonamides is 1. The lowest BCUT2D eigenvalue weighted by atomic mass is 10.2.